The van der Waals surface area contributed by atoms with Crippen LogP contribution in [0.15, 0.2) is 42.7 Å². The lowest BCUT2D eigenvalue weighted by Crippen LogP contribution is -2.41. The van der Waals surface area contributed by atoms with Crippen LogP contribution >= 0.6 is 0 Å². The van der Waals surface area contributed by atoms with Crippen LogP contribution in [0.3, 0.4) is 0 Å². The van der Waals surface area contributed by atoms with Crippen LogP contribution < -0.4 is 5.46 Å². The predicted molar refractivity (Wildman–Crippen MR) is 88.2 cm³/mol. The first-order valence-electron chi connectivity index (χ1n) is 7.86. The third-order valence-electron chi connectivity index (χ3n) is 4.68. The van der Waals surface area contributed by atoms with Crippen LogP contribution in [0.4, 0.5) is 4.39 Å². The van der Waals surface area contributed by atoms with E-state index in [9.17, 15) is 4.39 Å². The molecule has 1 atom stereocenters. The molecule has 0 spiro atoms. The zero-order valence-electron chi connectivity index (χ0n) is 14.0. The largest absolute Gasteiger partial charge is 0.498 e. The number of aromatic nitrogens is 2. The predicted octanol–water partition coefficient (Wildman–Crippen LogP) is 2.89. The van der Waals surface area contributed by atoms with E-state index in [-0.39, 0.29) is 6.42 Å². The van der Waals surface area contributed by atoms with Gasteiger partial charge in [-0.1, -0.05) is 30.3 Å². The molecule has 23 heavy (non-hydrogen) atoms. The highest BCUT2D eigenvalue weighted by molar-refractivity contribution is 6.61. The van der Waals surface area contributed by atoms with Gasteiger partial charge in [0.1, 0.15) is 0 Å². The molecule has 122 valence electrons. The maximum atomic E-state index is 14.4. The van der Waals surface area contributed by atoms with Crippen molar-refractivity contribution in [3.05, 3.63) is 48.3 Å². The second-order valence-electron chi connectivity index (χ2n) is 6.97. The minimum Gasteiger partial charge on any atom is -0.399 e. The summed E-state index contributed by atoms with van der Waals surface area (Å²) in [6.45, 7) is 7.96. The molecule has 1 fully saturated rings. The Balaban J connectivity index is 1.71. The van der Waals surface area contributed by atoms with Crippen molar-refractivity contribution < 1.29 is 13.7 Å². The van der Waals surface area contributed by atoms with Gasteiger partial charge in [-0.2, -0.15) is 5.10 Å². The summed E-state index contributed by atoms with van der Waals surface area (Å²) in [5, 5.41) is 4.13. The molecule has 1 aromatic heterocycles. The Labute approximate surface area is 136 Å². The molecule has 4 nitrogen and oxygen atoms in total. The molecular formula is C17H22BFN2O2. The number of nitrogens with zero attached hydrogens (tertiary/aromatic N) is 2. The summed E-state index contributed by atoms with van der Waals surface area (Å²) in [5.41, 5.74) is 0.838. The van der Waals surface area contributed by atoms with Gasteiger partial charge in [0.25, 0.3) is 0 Å². The zero-order valence-corrected chi connectivity index (χ0v) is 14.0. The molecule has 0 bridgehead atoms. The number of benzene rings is 1. The van der Waals surface area contributed by atoms with Crippen molar-refractivity contribution in [3.8, 4) is 0 Å². The van der Waals surface area contributed by atoms with Gasteiger partial charge in [0.15, 0.2) is 6.30 Å². The van der Waals surface area contributed by atoms with E-state index in [0.29, 0.717) is 0 Å². The first kappa shape index (κ1) is 16.2. The number of alkyl halides is 1. The molecule has 1 aromatic carbocycles. The van der Waals surface area contributed by atoms with Crippen LogP contribution in [-0.2, 0) is 15.7 Å². The highest BCUT2D eigenvalue weighted by Gasteiger charge is 2.52. The second-order valence-corrected chi connectivity index (χ2v) is 6.97. The highest BCUT2D eigenvalue weighted by atomic mass is 19.1. The molecule has 1 unspecified atom stereocenters. The molecule has 0 N–H and O–H groups in total. The lowest BCUT2D eigenvalue weighted by Gasteiger charge is -2.32. The molecule has 0 radical (unpaired) electrons. The van der Waals surface area contributed by atoms with Gasteiger partial charge >= 0.3 is 7.12 Å². The summed E-state index contributed by atoms with van der Waals surface area (Å²) < 4.78 is 27.7. The normalized spacial score (nSPS) is 20.7. The van der Waals surface area contributed by atoms with E-state index in [2.05, 4.69) is 5.10 Å². The molecule has 1 aliphatic heterocycles. The minimum absolute atomic E-state index is 0.283. The average molecular weight is 316 g/mol. The molecule has 0 amide bonds. The molecule has 0 aliphatic carbocycles. The fourth-order valence-electron chi connectivity index (χ4n) is 2.51. The van der Waals surface area contributed by atoms with Crippen LogP contribution in [0, 0.1) is 0 Å². The van der Waals surface area contributed by atoms with Crippen LogP contribution in [0.2, 0.25) is 0 Å². The van der Waals surface area contributed by atoms with E-state index in [1.54, 1.807) is 12.4 Å². The van der Waals surface area contributed by atoms with E-state index >= 15 is 0 Å². The highest BCUT2D eigenvalue weighted by Crippen LogP contribution is 2.36. The van der Waals surface area contributed by atoms with E-state index in [1.807, 2.05) is 58.0 Å². The van der Waals surface area contributed by atoms with Crippen LogP contribution in [0.5, 0.6) is 0 Å². The molecule has 3 rings (SSSR count). The topological polar surface area (TPSA) is 36.3 Å². The Morgan fingerprint density at radius 3 is 2.35 bits per heavy atom. The first-order valence-corrected chi connectivity index (χ1v) is 7.86. The van der Waals surface area contributed by atoms with Crippen molar-refractivity contribution in [1.82, 2.24) is 9.78 Å². The Kier molecular flexibility index (Phi) is 4.06. The molecule has 2 heterocycles. The van der Waals surface area contributed by atoms with Gasteiger partial charge in [0.05, 0.1) is 11.2 Å². The Bertz CT molecular complexity index is 656. The quantitative estimate of drug-likeness (QED) is 0.814. The summed E-state index contributed by atoms with van der Waals surface area (Å²) in [4.78, 5) is 0. The van der Waals surface area contributed by atoms with Gasteiger partial charge in [-0.15, -0.1) is 0 Å². The van der Waals surface area contributed by atoms with Gasteiger partial charge in [-0.05, 0) is 33.3 Å². The van der Waals surface area contributed by atoms with Gasteiger partial charge in [-0.3, -0.25) is 0 Å². The third-order valence-corrected chi connectivity index (χ3v) is 4.68. The lowest BCUT2D eigenvalue weighted by atomic mass is 9.82. The van der Waals surface area contributed by atoms with Crippen molar-refractivity contribution in [2.24, 2.45) is 0 Å². The number of halogens is 1. The molecule has 0 saturated carbocycles. The van der Waals surface area contributed by atoms with E-state index in [0.717, 1.165) is 11.0 Å². The minimum atomic E-state index is -1.21. The monoisotopic (exact) mass is 316 g/mol. The van der Waals surface area contributed by atoms with Crippen molar-refractivity contribution in [1.29, 1.82) is 0 Å². The Morgan fingerprint density at radius 1 is 1.13 bits per heavy atom. The summed E-state index contributed by atoms with van der Waals surface area (Å²) in [5.74, 6) is 0. The number of hydrogen-bond donors (Lipinski definition) is 0. The Hall–Kier alpha value is -1.66. The van der Waals surface area contributed by atoms with Gasteiger partial charge in [0, 0.05) is 24.3 Å². The number of hydrogen-bond acceptors (Lipinski definition) is 3. The van der Waals surface area contributed by atoms with E-state index < -0.39 is 24.6 Å². The SMILES string of the molecule is CC1(C)OB(c2cnn(C(F)Cc3ccccc3)c2)OC1(C)C. The van der Waals surface area contributed by atoms with Crippen LogP contribution in [0.1, 0.15) is 39.6 Å². The maximum Gasteiger partial charge on any atom is 0.498 e. The molecule has 1 saturated heterocycles. The molecule has 1 aliphatic rings. The van der Waals surface area contributed by atoms with Crippen molar-refractivity contribution in [3.63, 3.8) is 0 Å². The fourth-order valence-corrected chi connectivity index (χ4v) is 2.51. The van der Waals surface area contributed by atoms with Gasteiger partial charge in [0.2, 0.25) is 0 Å². The van der Waals surface area contributed by atoms with Crippen molar-refractivity contribution >= 4 is 12.6 Å². The maximum absolute atomic E-state index is 14.4. The molecule has 2 aromatic rings. The van der Waals surface area contributed by atoms with E-state index in [1.165, 1.54) is 4.68 Å². The molecular weight excluding hydrogens is 294 g/mol. The fraction of sp³-hybridized carbons (Fsp3) is 0.471. The van der Waals surface area contributed by atoms with Crippen LogP contribution in [-0.4, -0.2) is 28.1 Å². The molecule has 6 heteroatoms. The smallest absolute Gasteiger partial charge is 0.399 e. The Morgan fingerprint density at radius 2 is 1.74 bits per heavy atom. The zero-order chi connectivity index (χ0) is 16.7. The van der Waals surface area contributed by atoms with Crippen molar-refractivity contribution in [2.45, 2.75) is 51.6 Å². The summed E-state index contributed by atoms with van der Waals surface area (Å²) in [6.07, 6.45) is 2.34. The lowest BCUT2D eigenvalue weighted by molar-refractivity contribution is 0.00578. The first-order chi connectivity index (χ1) is 10.8. The second kappa shape index (κ2) is 5.76. The van der Waals surface area contributed by atoms with Crippen LogP contribution in [0.25, 0.3) is 0 Å². The summed E-state index contributed by atoms with van der Waals surface area (Å²) >= 11 is 0. The third kappa shape index (κ3) is 3.19. The standard InChI is InChI=1S/C17H22BFN2O2/c1-16(2)17(3,4)23-18(22-16)14-11-20-21(12-14)15(19)10-13-8-6-5-7-9-13/h5-9,11-12,15H,10H2,1-4H3. The summed E-state index contributed by atoms with van der Waals surface area (Å²) in [7, 11) is -0.516. The summed E-state index contributed by atoms with van der Waals surface area (Å²) in [6, 6.07) is 9.54. The van der Waals surface area contributed by atoms with Gasteiger partial charge in [-0.25, -0.2) is 9.07 Å². The van der Waals surface area contributed by atoms with Gasteiger partial charge < -0.3 is 9.31 Å². The van der Waals surface area contributed by atoms with E-state index in [4.69, 9.17) is 9.31 Å². The average Bonchev–Trinajstić information content (AvgIpc) is 3.03. The number of rotatable bonds is 4. The van der Waals surface area contributed by atoms with Crippen molar-refractivity contribution in [2.75, 3.05) is 0 Å².